The minimum absolute atomic E-state index is 0.287. The molecule has 0 bridgehead atoms. The fraction of sp³-hybridized carbons (Fsp3) is 0.308. The largest absolute Gasteiger partial charge is 0.463 e. The van der Waals surface area contributed by atoms with Gasteiger partial charge in [-0.1, -0.05) is 18.2 Å². The number of amides is 1. The van der Waals surface area contributed by atoms with E-state index < -0.39 is 31.3 Å². The molecule has 0 atom stereocenters. The monoisotopic (exact) mass is 265 g/mol. The lowest BCUT2D eigenvalue weighted by atomic mass is 10.0. The van der Waals surface area contributed by atoms with E-state index in [1.807, 2.05) is 0 Å². The Morgan fingerprint density at radius 1 is 1.16 bits per heavy atom. The van der Waals surface area contributed by atoms with E-state index in [1.165, 1.54) is 6.26 Å². The van der Waals surface area contributed by atoms with Crippen LogP contribution in [-0.4, -0.2) is 46.6 Å². The van der Waals surface area contributed by atoms with Gasteiger partial charge < -0.3 is 25.1 Å². The number of fused-ring (bicyclic) bond motifs is 1. The van der Waals surface area contributed by atoms with Crippen LogP contribution in [0.1, 0.15) is 10.4 Å². The van der Waals surface area contributed by atoms with Crippen molar-refractivity contribution in [3.8, 4) is 0 Å². The zero-order chi connectivity index (χ0) is 13.9. The van der Waals surface area contributed by atoms with Crippen LogP contribution in [0.4, 0.5) is 0 Å². The molecule has 2 aromatic rings. The van der Waals surface area contributed by atoms with Crippen LogP contribution in [0.5, 0.6) is 0 Å². The van der Waals surface area contributed by atoms with Crippen molar-refractivity contribution in [2.45, 2.75) is 5.54 Å². The molecule has 0 unspecified atom stereocenters. The predicted molar refractivity (Wildman–Crippen MR) is 67.7 cm³/mol. The van der Waals surface area contributed by atoms with Crippen LogP contribution in [-0.2, 0) is 0 Å². The summed E-state index contributed by atoms with van der Waals surface area (Å²) in [5.74, 6) is -0.526. The third-order valence-electron chi connectivity index (χ3n) is 3.01. The molecule has 0 saturated heterocycles. The highest BCUT2D eigenvalue weighted by atomic mass is 16.3. The smallest absolute Gasteiger partial charge is 0.255 e. The van der Waals surface area contributed by atoms with Crippen molar-refractivity contribution in [3.05, 3.63) is 36.1 Å². The highest BCUT2D eigenvalue weighted by molar-refractivity contribution is 6.06. The summed E-state index contributed by atoms with van der Waals surface area (Å²) in [7, 11) is 0. The lowest BCUT2D eigenvalue weighted by molar-refractivity contribution is 0.0375. The van der Waals surface area contributed by atoms with Gasteiger partial charge in [-0.05, 0) is 6.07 Å². The van der Waals surface area contributed by atoms with Crippen molar-refractivity contribution < 1.29 is 24.5 Å². The zero-order valence-corrected chi connectivity index (χ0v) is 10.2. The standard InChI is InChI=1S/C13H15NO5/c15-6-13(7-16,8-17)14-12(18)10-5-19-11-4-2-1-3-9(10)11/h1-5,15-17H,6-8H2,(H,14,18). The van der Waals surface area contributed by atoms with Gasteiger partial charge in [0, 0.05) is 5.39 Å². The third kappa shape index (κ3) is 2.46. The van der Waals surface area contributed by atoms with Crippen molar-refractivity contribution in [3.63, 3.8) is 0 Å². The van der Waals surface area contributed by atoms with Crippen LogP contribution in [0.2, 0.25) is 0 Å². The molecule has 0 aliphatic carbocycles. The second-order valence-electron chi connectivity index (χ2n) is 4.35. The SMILES string of the molecule is O=C(NC(CO)(CO)CO)c1coc2ccccc12. The number of benzene rings is 1. The van der Waals surface area contributed by atoms with Crippen molar-refractivity contribution in [2.24, 2.45) is 0 Å². The van der Waals surface area contributed by atoms with Crippen LogP contribution in [0.25, 0.3) is 11.0 Å². The topological polar surface area (TPSA) is 103 Å². The second kappa shape index (κ2) is 5.40. The van der Waals surface area contributed by atoms with Crippen LogP contribution >= 0.6 is 0 Å². The Hall–Kier alpha value is -1.89. The summed E-state index contributed by atoms with van der Waals surface area (Å²) in [6, 6.07) is 7.01. The number of hydrogen-bond acceptors (Lipinski definition) is 5. The third-order valence-corrected chi connectivity index (χ3v) is 3.01. The molecule has 19 heavy (non-hydrogen) atoms. The Kier molecular flexibility index (Phi) is 3.84. The lowest BCUT2D eigenvalue weighted by Gasteiger charge is -2.28. The van der Waals surface area contributed by atoms with Gasteiger partial charge in [0.15, 0.2) is 0 Å². The molecule has 1 heterocycles. The van der Waals surface area contributed by atoms with Gasteiger partial charge in [0.25, 0.3) is 5.91 Å². The molecule has 0 aliphatic rings. The first-order valence-electron chi connectivity index (χ1n) is 5.77. The molecule has 1 aromatic heterocycles. The number of carbonyl (C=O) groups excluding carboxylic acids is 1. The Morgan fingerprint density at radius 3 is 2.42 bits per heavy atom. The summed E-state index contributed by atoms with van der Waals surface area (Å²) < 4.78 is 5.24. The van der Waals surface area contributed by atoms with Gasteiger partial charge in [-0.2, -0.15) is 0 Å². The minimum Gasteiger partial charge on any atom is -0.463 e. The normalized spacial score (nSPS) is 11.7. The van der Waals surface area contributed by atoms with Crippen LogP contribution < -0.4 is 5.32 Å². The number of hydrogen-bond donors (Lipinski definition) is 4. The maximum atomic E-state index is 12.1. The van der Waals surface area contributed by atoms with Crippen molar-refractivity contribution in [1.82, 2.24) is 5.32 Å². The van der Waals surface area contributed by atoms with E-state index in [-0.39, 0.29) is 5.56 Å². The van der Waals surface area contributed by atoms with Crippen molar-refractivity contribution in [1.29, 1.82) is 0 Å². The molecule has 1 aromatic carbocycles. The van der Waals surface area contributed by atoms with E-state index in [4.69, 9.17) is 4.42 Å². The Balaban J connectivity index is 2.29. The van der Waals surface area contributed by atoms with Crippen LogP contribution in [0, 0.1) is 0 Å². The maximum absolute atomic E-state index is 12.1. The van der Waals surface area contributed by atoms with Gasteiger partial charge >= 0.3 is 0 Å². The molecule has 0 radical (unpaired) electrons. The number of rotatable bonds is 5. The molecule has 0 aliphatic heterocycles. The molecular weight excluding hydrogens is 250 g/mol. The summed E-state index contributed by atoms with van der Waals surface area (Å²) >= 11 is 0. The van der Waals surface area contributed by atoms with Crippen LogP contribution in [0.3, 0.4) is 0 Å². The molecular formula is C13H15NO5. The quantitative estimate of drug-likeness (QED) is 0.603. The van der Waals surface area contributed by atoms with E-state index in [2.05, 4.69) is 5.32 Å². The van der Waals surface area contributed by atoms with E-state index in [9.17, 15) is 20.1 Å². The van der Waals surface area contributed by atoms with Gasteiger partial charge in [-0.15, -0.1) is 0 Å². The fourth-order valence-corrected chi connectivity index (χ4v) is 1.73. The first-order valence-corrected chi connectivity index (χ1v) is 5.77. The molecule has 6 nitrogen and oxygen atoms in total. The summed E-state index contributed by atoms with van der Waals surface area (Å²) in [4.78, 5) is 12.1. The molecule has 4 N–H and O–H groups in total. The van der Waals surface area contributed by atoms with E-state index in [0.717, 1.165) is 0 Å². The lowest BCUT2D eigenvalue weighted by Crippen LogP contribution is -2.57. The second-order valence-corrected chi connectivity index (χ2v) is 4.35. The summed E-state index contributed by atoms with van der Waals surface area (Å²) in [6.45, 7) is -1.70. The number of para-hydroxylation sites is 1. The van der Waals surface area contributed by atoms with Crippen molar-refractivity contribution >= 4 is 16.9 Å². The zero-order valence-electron chi connectivity index (χ0n) is 10.2. The van der Waals surface area contributed by atoms with Gasteiger partial charge in [0.2, 0.25) is 0 Å². The van der Waals surface area contributed by atoms with Gasteiger partial charge in [0.05, 0.1) is 25.4 Å². The van der Waals surface area contributed by atoms with E-state index in [0.29, 0.717) is 11.0 Å². The highest BCUT2D eigenvalue weighted by Crippen LogP contribution is 2.21. The average Bonchev–Trinajstić information content (AvgIpc) is 2.89. The van der Waals surface area contributed by atoms with Gasteiger partial charge in [-0.25, -0.2) is 0 Å². The fourth-order valence-electron chi connectivity index (χ4n) is 1.73. The molecule has 0 fully saturated rings. The summed E-state index contributed by atoms with van der Waals surface area (Å²) in [5, 5.41) is 30.6. The average molecular weight is 265 g/mol. The number of aliphatic hydroxyl groups excluding tert-OH is 3. The van der Waals surface area contributed by atoms with Gasteiger partial charge in [0.1, 0.15) is 17.4 Å². The number of carbonyl (C=O) groups is 1. The maximum Gasteiger partial charge on any atom is 0.255 e. The number of aliphatic hydroxyl groups is 3. The number of nitrogens with one attached hydrogen (secondary N) is 1. The number of furan rings is 1. The predicted octanol–water partition coefficient (Wildman–Crippen LogP) is -0.122. The van der Waals surface area contributed by atoms with E-state index in [1.54, 1.807) is 24.3 Å². The molecule has 1 amide bonds. The first-order chi connectivity index (χ1) is 9.15. The minimum atomic E-state index is -1.45. The van der Waals surface area contributed by atoms with Crippen LogP contribution in [0.15, 0.2) is 34.9 Å². The molecule has 0 saturated carbocycles. The highest BCUT2D eigenvalue weighted by Gasteiger charge is 2.31. The Bertz CT molecular complexity index is 565. The van der Waals surface area contributed by atoms with Crippen molar-refractivity contribution in [2.75, 3.05) is 19.8 Å². The molecule has 0 spiro atoms. The molecule has 2 rings (SSSR count). The summed E-state index contributed by atoms with van der Waals surface area (Å²) in [6.07, 6.45) is 1.30. The molecule has 6 heteroatoms. The molecule has 102 valence electrons. The Labute approximate surface area is 109 Å². The van der Waals surface area contributed by atoms with E-state index >= 15 is 0 Å². The summed E-state index contributed by atoms with van der Waals surface area (Å²) in [5.41, 5.74) is -0.597. The van der Waals surface area contributed by atoms with Gasteiger partial charge in [-0.3, -0.25) is 4.79 Å². The Morgan fingerprint density at radius 2 is 1.79 bits per heavy atom. The first kappa shape index (κ1) is 13.5.